The molecule has 1 aliphatic rings. The van der Waals surface area contributed by atoms with Gasteiger partial charge < -0.3 is 19.5 Å². The van der Waals surface area contributed by atoms with E-state index in [0.717, 1.165) is 11.3 Å². The van der Waals surface area contributed by atoms with Gasteiger partial charge in [-0.2, -0.15) is 0 Å². The molecule has 27 heavy (non-hydrogen) atoms. The van der Waals surface area contributed by atoms with Gasteiger partial charge in [-0.1, -0.05) is 17.3 Å². The van der Waals surface area contributed by atoms with Gasteiger partial charge in [0.05, 0.1) is 18.4 Å². The summed E-state index contributed by atoms with van der Waals surface area (Å²) in [5, 5.41) is 6.67. The average Bonchev–Trinajstić information content (AvgIpc) is 3.11. The van der Waals surface area contributed by atoms with Gasteiger partial charge in [-0.15, -0.1) is 0 Å². The van der Waals surface area contributed by atoms with E-state index in [9.17, 15) is 9.18 Å². The van der Waals surface area contributed by atoms with Crippen LogP contribution in [-0.2, 0) is 19.6 Å². The van der Waals surface area contributed by atoms with E-state index in [1.165, 1.54) is 12.1 Å². The summed E-state index contributed by atoms with van der Waals surface area (Å²) in [4.78, 5) is 18.1. The van der Waals surface area contributed by atoms with Crippen molar-refractivity contribution in [2.45, 2.75) is 19.6 Å². The molecule has 0 unspecified atom stereocenters. The number of rotatable bonds is 4. The number of hydrogen-bond donors (Lipinski definition) is 1. The van der Waals surface area contributed by atoms with Crippen LogP contribution in [0.15, 0.2) is 53.3 Å². The molecule has 138 valence electrons. The lowest BCUT2D eigenvalue weighted by Gasteiger charge is -2.26. The van der Waals surface area contributed by atoms with Crippen molar-refractivity contribution in [1.82, 2.24) is 15.0 Å². The molecule has 0 spiro atoms. The average molecular weight is 368 g/mol. The topological polar surface area (TPSA) is 80.5 Å². The van der Waals surface area contributed by atoms with E-state index < -0.39 is 5.82 Å². The van der Waals surface area contributed by atoms with E-state index >= 15 is 0 Å². The number of nitrogens with one attached hydrogen (secondary N) is 1. The summed E-state index contributed by atoms with van der Waals surface area (Å²) in [5.74, 6) is 0.896. The number of carbonyl (C=O) groups is 1. The molecular formula is C19H17FN4O3. The molecule has 7 nitrogen and oxygen atoms in total. The Bertz CT molecular complexity index is 945. The molecule has 4 rings (SSSR count). The van der Waals surface area contributed by atoms with Gasteiger partial charge in [0, 0.05) is 24.7 Å². The molecule has 0 saturated heterocycles. The molecule has 0 bridgehead atoms. The number of urea groups is 1. The first kappa shape index (κ1) is 17.0. The molecular weight excluding hydrogens is 351 g/mol. The Balaban J connectivity index is 1.44. The maximum Gasteiger partial charge on any atom is 0.322 e. The maximum absolute atomic E-state index is 13.8. The minimum atomic E-state index is -0.473. The van der Waals surface area contributed by atoms with Gasteiger partial charge in [-0.25, -0.2) is 9.18 Å². The second-order valence-electron chi connectivity index (χ2n) is 6.09. The second-order valence-corrected chi connectivity index (χ2v) is 6.09. The summed E-state index contributed by atoms with van der Waals surface area (Å²) < 4.78 is 24.8. The van der Waals surface area contributed by atoms with E-state index in [2.05, 4.69) is 15.5 Å². The van der Waals surface area contributed by atoms with E-state index in [4.69, 9.17) is 9.26 Å². The van der Waals surface area contributed by atoms with Gasteiger partial charge in [0.15, 0.2) is 0 Å². The molecule has 0 fully saturated rings. The van der Waals surface area contributed by atoms with E-state index in [1.54, 1.807) is 41.6 Å². The molecule has 1 N–H and O–H groups in total. The lowest BCUT2D eigenvalue weighted by molar-refractivity contribution is 0.202. The fourth-order valence-corrected chi connectivity index (χ4v) is 2.89. The van der Waals surface area contributed by atoms with Crippen molar-refractivity contribution in [1.29, 1.82) is 0 Å². The van der Waals surface area contributed by atoms with Crippen LogP contribution < -0.4 is 10.1 Å². The molecule has 0 atom stereocenters. The van der Waals surface area contributed by atoms with Gasteiger partial charge >= 0.3 is 6.03 Å². The van der Waals surface area contributed by atoms with Gasteiger partial charge in [-0.05, 0) is 24.3 Å². The predicted molar refractivity (Wildman–Crippen MR) is 94.6 cm³/mol. The lowest BCUT2D eigenvalue weighted by atomic mass is 10.1. The Kier molecular flexibility index (Phi) is 4.69. The van der Waals surface area contributed by atoms with Crippen LogP contribution >= 0.6 is 0 Å². The minimum absolute atomic E-state index is 0.152. The van der Waals surface area contributed by atoms with Crippen molar-refractivity contribution >= 4 is 11.7 Å². The molecule has 0 saturated carbocycles. The first-order valence-electron chi connectivity index (χ1n) is 8.50. The van der Waals surface area contributed by atoms with Crippen LogP contribution in [0, 0.1) is 5.82 Å². The van der Waals surface area contributed by atoms with Crippen molar-refractivity contribution in [3.63, 3.8) is 0 Å². The highest BCUT2D eigenvalue weighted by molar-refractivity contribution is 5.89. The largest absolute Gasteiger partial charge is 0.486 e. The maximum atomic E-state index is 13.8. The number of fused-ring (bicyclic) bond motifs is 1. The SMILES string of the molecule is O=C(Nc1ccccc1F)N1CCc2onc(COc3cccnc3)c2C1. The third-order valence-electron chi connectivity index (χ3n) is 4.32. The number of pyridine rings is 1. The zero-order valence-corrected chi connectivity index (χ0v) is 14.4. The van der Waals surface area contributed by atoms with Gasteiger partial charge in [0.2, 0.25) is 0 Å². The smallest absolute Gasteiger partial charge is 0.322 e. The highest BCUT2D eigenvalue weighted by atomic mass is 19.1. The Morgan fingerprint density at radius 3 is 3.00 bits per heavy atom. The number of halogens is 1. The lowest BCUT2D eigenvalue weighted by Crippen LogP contribution is -2.39. The second kappa shape index (κ2) is 7.45. The molecule has 3 aromatic rings. The van der Waals surface area contributed by atoms with Gasteiger partial charge in [-0.3, -0.25) is 4.98 Å². The zero-order chi connectivity index (χ0) is 18.6. The molecule has 0 radical (unpaired) electrons. The molecule has 0 aliphatic carbocycles. The van der Waals surface area contributed by atoms with Crippen molar-refractivity contribution in [3.8, 4) is 5.75 Å². The first-order chi connectivity index (χ1) is 13.2. The summed E-state index contributed by atoms with van der Waals surface area (Å²) in [6.07, 6.45) is 3.82. The first-order valence-corrected chi connectivity index (χ1v) is 8.50. The standard InChI is InChI=1S/C19H17FN4O3/c20-15-5-1-2-6-16(15)22-19(25)24-9-7-18-14(11-24)17(23-27-18)12-26-13-4-3-8-21-10-13/h1-6,8,10H,7,9,11-12H2,(H,22,25). The van der Waals surface area contributed by atoms with Gasteiger partial charge in [0.1, 0.15) is 29.6 Å². The summed E-state index contributed by atoms with van der Waals surface area (Å²) in [7, 11) is 0. The van der Waals surface area contributed by atoms with Crippen LogP contribution in [0.25, 0.3) is 0 Å². The summed E-state index contributed by atoms with van der Waals surface area (Å²) in [5.41, 5.74) is 1.62. The molecule has 2 amide bonds. The number of aromatic nitrogens is 2. The summed E-state index contributed by atoms with van der Waals surface area (Å²) in [6, 6.07) is 9.28. The highest BCUT2D eigenvalue weighted by Gasteiger charge is 2.27. The number of carbonyl (C=O) groups excluding carboxylic acids is 1. The monoisotopic (exact) mass is 368 g/mol. The van der Waals surface area contributed by atoms with Gasteiger partial charge in [0.25, 0.3) is 0 Å². The predicted octanol–water partition coefficient (Wildman–Crippen LogP) is 3.38. The Hall–Kier alpha value is -3.42. The van der Waals surface area contributed by atoms with Crippen LogP contribution in [0.2, 0.25) is 0 Å². The quantitative estimate of drug-likeness (QED) is 0.764. The van der Waals surface area contributed by atoms with Crippen molar-refractivity contribution in [2.75, 3.05) is 11.9 Å². The Morgan fingerprint density at radius 2 is 2.19 bits per heavy atom. The summed E-state index contributed by atoms with van der Waals surface area (Å²) >= 11 is 0. The van der Waals surface area contributed by atoms with Crippen molar-refractivity contribution in [2.24, 2.45) is 0 Å². The van der Waals surface area contributed by atoms with E-state index in [-0.39, 0.29) is 18.3 Å². The highest BCUT2D eigenvalue weighted by Crippen LogP contribution is 2.24. The van der Waals surface area contributed by atoms with Crippen molar-refractivity contribution in [3.05, 3.63) is 71.6 Å². The fourth-order valence-electron chi connectivity index (χ4n) is 2.89. The van der Waals surface area contributed by atoms with Crippen LogP contribution in [0.5, 0.6) is 5.75 Å². The number of hydrogen-bond acceptors (Lipinski definition) is 5. The number of nitrogens with zero attached hydrogens (tertiary/aromatic N) is 3. The number of ether oxygens (including phenoxy) is 1. The number of anilines is 1. The number of benzene rings is 1. The van der Waals surface area contributed by atoms with Crippen LogP contribution in [0.3, 0.4) is 0 Å². The van der Waals surface area contributed by atoms with Crippen LogP contribution in [0.1, 0.15) is 17.0 Å². The molecule has 2 aromatic heterocycles. The minimum Gasteiger partial charge on any atom is -0.486 e. The van der Waals surface area contributed by atoms with Crippen molar-refractivity contribution < 1.29 is 18.4 Å². The fraction of sp³-hybridized carbons (Fsp3) is 0.211. The van der Waals surface area contributed by atoms with Crippen LogP contribution in [0.4, 0.5) is 14.9 Å². The van der Waals surface area contributed by atoms with E-state index in [0.29, 0.717) is 31.0 Å². The van der Waals surface area contributed by atoms with Crippen LogP contribution in [-0.4, -0.2) is 27.6 Å². The third-order valence-corrected chi connectivity index (χ3v) is 4.32. The summed E-state index contributed by atoms with van der Waals surface area (Å²) in [6.45, 7) is 1.00. The normalized spacial score (nSPS) is 13.1. The third kappa shape index (κ3) is 3.74. The molecule has 8 heteroatoms. The Morgan fingerprint density at radius 1 is 1.30 bits per heavy atom. The number of amides is 2. The van der Waals surface area contributed by atoms with E-state index in [1.807, 2.05) is 0 Å². The molecule has 1 aliphatic heterocycles. The molecule has 3 heterocycles. The molecule has 1 aromatic carbocycles. The Labute approximate surface area is 154 Å². The zero-order valence-electron chi connectivity index (χ0n) is 14.4. The number of para-hydroxylation sites is 1.